The SMILES string of the molecule is C=C(CC(=O)NCc1cccc([C@@H]2c3cnn(-c4ccccc4)c3N(CC)C(=O)[C@H]2NC(=O)c2cccc(C(F)(F)F)c2)c1)C(=O)OC. The fourth-order valence-electron chi connectivity index (χ4n) is 5.65. The number of alkyl halides is 3. The second-order valence-corrected chi connectivity index (χ2v) is 11.1. The van der Waals surface area contributed by atoms with Gasteiger partial charge in [0.1, 0.15) is 11.9 Å². The highest BCUT2D eigenvalue weighted by molar-refractivity contribution is 6.05. The maximum Gasteiger partial charge on any atom is 0.416 e. The van der Waals surface area contributed by atoms with Crippen molar-refractivity contribution in [2.24, 2.45) is 0 Å². The fraction of sp³-hybridized carbons (Fsp3) is 0.229. The van der Waals surface area contributed by atoms with Crippen molar-refractivity contribution in [3.63, 3.8) is 0 Å². The van der Waals surface area contributed by atoms with Gasteiger partial charge in [-0.2, -0.15) is 18.3 Å². The van der Waals surface area contributed by atoms with Gasteiger partial charge in [-0.25, -0.2) is 9.48 Å². The lowest BCUT2D eigenvalue weighted by molar-refractivity contribution is -0.138. The van der Waals surface area contributed by atoms with Crippen LogP contribution in [0.3, 0.4) is 0 Å². The predicted octanol–water partition coefficient (Wildman–Crippen LogP) is 4.92. The molecule has 3 amide bonds. The number of benzene rings is 3. The number of para-hydroxylation sites is 1. The Morgan fingerprint density at radius 2 is 1.73 bits per heavy atom. The number of hydrogen-bond acceptors (Lipinski definition) is 6. The van der Waals surface area contributed by atoms with Crippen molar-refractivity contribution in [1.29, 1.82) is 0 Å². The first kappa shape index (κ1) is 33.6. The third-order valence-corrected chi connectivity index (χ3v) is 7.93. The van der Waals surface area contributed by atoms with Gasteiger partial charge in [0, 0.05) is 35.7 Å². The average Bonchev–Trinajstić information content (AvgIpc) is 3.51. The highest BCUT2D eigenvalue weighted by Gasteiger charge is 2.44. The molecule has 0 spiro atoms. The van der Waals surface area contributed by atoms with E-state index >= 15 is 0 Å². The van der Waals surface area contributed by atoms with E-state index in [9.17, 15) is 32.3 Å². The summed E-state index contributed by atoms with van der Waals surface area (Å²) in [5.74, 6) is -2.80. The topological polar surface area (TPSA) is 123 Å². The van der Waals surface area contributed by atoms with E-state index in [0.717, 1.165) is 18.2 Å². The molecule has 10 nitrogen and oxygen atoms in total. The van der Waals surface area contributed by atoms with Crippen LogP contribution in [0.5, 0.6) is 0 Å². The summed E-state index contributed by atoms with van der Waals surface area (Å²) in [6.45, 7) is 5.62. The quantitative estimate of drug-likeness (QED) is 0.184. The molecule has 0 bridgehead atoms. The smallest absolute Gasteiger partial charge is 0.416 e. The summed E-state index contributed by atoms with van der Waals surface area (Å²) in [4.78, 5) is 53.4. The van der Waals surface area contributed by atoms with Gasteiger partial charge in [0.05, 0.1) is 31.0 Å². The zero-order valence-electron chi connectivity index (χ0n) is 26.1. The molecule has 2 atom stereocenters. The molecule has 13 heteroatoms. The Bertz CT molecular complexity index is 1870. The van der Waals surface area contributed by atoms with Crippen LogP contribution in [-0.2, 0) is 31.8 Å². The number of nitrogens with one attached hydrogen (secondary N) is 2. The first-order valence-corrected chi connectivity index (χ1v) is 15.0. The third-order valence-electron chi connectivity index (χ3n) is 7.93. The van der Waals surface area contributed by atoms with E-state index in [0.29, 0.717) is 28.2 Å². The van der Waals surface area contributed by atoms with E-state index in [4.69, 9.17) is 0 Å². The van der Waals surface area contributed by atoms with Crippen molar-refractivity contribution in [2.45, 2.75) is 38.0 Å². The molecule has 1 aliphatic heterocycles. The first-order valence-electron chi connectivity index (χ1n) is 15.0. The molecular formula is C35H32F3N5O5. The molecule has 0 aliphatic carbocycles. The Kier molecular flexibility index (Phi) is 9.78. The number of likely N-dealkylation sites (N-methyl/N-ethyl adjacent to an activating group) is 1. The Hall–Kier alpha value is -5.72. The van der Waals surface area contributed by atoms with Crippen LogP contribution in [0.1, 0.15) is 51.9 Å². The molecule has 0 saturated carbocycles. The largest absolute Gasteiger partial charge is 0.466 e. The monoisotopic (exact) mass is 659 g/mol. The van der Waals surface area contributed by atoms with Crippen LogP contribution in [0.4, 0.5) is 19.0 Å². The standard InChI is InChI=1S/C35H32F3N5O5/c1-4-42-32-27(20-40-43(32)26-14-6-5-7-15-26)29(23-11-8-10-22(17-23)19-39-28(44)16-21(2)34(47)48-3)30(33(42)46)41-31(45)24-12-9-13-25(18-24)35(36,37)38/h5-15,17-18,20,29-30H,2,4,16,19H2,1,3H3,(H,39,44)(H,41,45)/t29-,30+/m1/s1. The van der Waals surface area contributed by atoms with E-state index < -0.39 is 47.4 Å². The second kappa shape index (κ2) is 14.0. The van der Waals surface area contributed by atoms with Crippen molar-refractivity contribution < 1.29 is 37.1 Å². The summed E-state index contributed by atoms with van der Waals surface area (Å²) in [6.07, 6.45) is -3.32. The van der Waals surface area contributed by atoms with Gasteiger partial charge in [0.2, 0.25) is 5.91 Å². The zero-order chi connectivity index (χ0) is 34.6. The molecule has 48 heavy (non-hydrogen) atoms. The summed E-state index contributed by atoms with van der Waals surface area (Å²) in [5, 5.41) is 10.0. The van der Waals surface area contributed by atoms with Gasteiger partial charge in [0.25, 0.3) is 11.8 Å². The fourth-order valence-corrected chi connectivity index (χ4v) is 5.65. The molecule has 248 valence electrons. The van der Waals surface area contributed by atoms with Gasteiger partial charge in [-0.1, -0.05) is 55.1 Å². The number of carbonyl (C=O) groups is 4. The molecule has 2 heterocycles. The maximum absolute atomic E-state index is 14.2. The number of aromatic nitrogens is 2. The lowest BCUT2D eigenvalue weighted by Crippen LogP contribution is -2.55. The number of ether oxygens (including phenoxy) is 1. The average molecular weight is 660 g/mol. The van der Waals surface area contributed by atoms with E-state index in [1.807, 2.05) is 30.3 Å². The van der Waals surface area contributed by atoms with Crippen LogP contribution in [0.25, 0.3) is 5.69 Å². The van der Waals surface area contributed by atoms with Gasteiger partial charge in [-0.05, 0) is 48.4 Å². The minimum atomic E-state index is -4.66. The number of fused-ring (bicyclic) bond motifs is 1. The summed E-state index contributed by atoms with van der Waals surface area (Å²) in [7, 11) is 1.19. The minimum Gasteiger partial charge on any atom is -0.466 e. The third kappa shape index (κ3) is 6.99. The summed E-state index contributed by atoms with van der Waals surface area (Å²) < 4.78 is 46.6. The van der Waals surface area contributed by atoms with E-state index in [1.165, 1.54) is 18.1 Å². The molecule has 5 rings (SSSR count). The Labute approximate surface area is 274 Å². The molecule has 4 aromatic rings. The van der Waals surface area contributed by atoms with Gasteiger partial charge < -0.3 is 15.4 Å². The maximum atomic E-state index is 14.2. The highest BCUT2D eigenvalue weighted by atomic mass is 19.4. The molecule has 1 aliphatic rings. The number of rotatable bonds is 10. The van der Waals surface area contributed by atoms with Gasteiger partial charge >= 0.3 is 12.1 Å². The van der Waals surface area contributed by atoms with Crippen molar-refractivity contribution in [3.05, 3.63) is 125 Å². The highest BCUT2D eigenvalue weighted by Crippen LogP contribution is 2.41. The number of halogens is 3. The van der Waals surface area contributed by atoms with Crippen LogP contribution in [0.15, 0.2) is 97.2 Å². The van der Waals surface area contributed by atoms with Gasteiger partial charge in [-0.15, -0.1) is 0 Å². The Morgan fingerprint density at radius 1 is 1.00 bits per heavy atom. The summed E-state index contributed by atoms with van der Waals surface area (Å²) >= 11 is 0. The summed E-state index contributed by atoms with van der Waals surface area (Å²) in [6, 6.07) is 19.0. The predicted molar refractivity (Wildman–Crippen MR) is 170 cm³/mol. The Morgan fingerprint density at radius 3 is 2.42 bits per heavy atom. The van der Waals surface area contributed by atoms with Gasteiger partial charge in [-0.3, -0.25) is 19.3 Å². The van der Waals surface area contributed by atoms with Crippen molar-refractivity contribution in [2.75, 3.05) is 18.6 Å². The van der Waals surface area contributed by atoms with Crippen molar-refractivity contribution in [1.82, 2.24) is 20.4 Å². The first-order chi connectivity index (χ1) is 22.9. The van der Waals surface area contributed by atoms with E-state index in [1.54, 1.807) is 42.1 Å². The number of methoxy groups -OCH3 is 1. The van der Waals surface area contributed by atoms with Crippen molar-refractivity contribution >= 4 is 29.5 Å². The normalized spacial score (nSPS) is 15.8. The van der Waals surface area contributed by atoms with Crippen LogP contribution < -0.4 is 15.5 Å². The van der Waals surface area contributed by atoms with Gasteiger partial charge in [0.15, 0.2) is 0 Å². The number of amides is 3. The molecular weight excluding hydrogens is 627 g/mol. The van der Waals surface area contributed by atoms with Crippen LogP contribution in [-0.4, -0.2) is 53.2 Å². The molecule has 0 radical (unpaired) electrons. The lowest BCUT2D eigenvalue weighted by Gasteiger charge is -2.38. The molecule has 0 unspecified atom stereocenters. The van der Waals surface area contributed by atoms with Crippen LogP contribution in [0, 0.1) is 0 Å². The molecule has 1 aromatic heterocycles. The van der Waals surface area contributed by atoms with Crippen LogP contribution >= 0.6 is 0 Å². The zero-order valence-corrected chi connectivity index (χ0v) is 26.1. The summed E-state index contributed by atoms with van der Waals surface area (Å²) in [5.41, 5.74) is 1.28. The Balaban J connectivity index is 1.53. The van der Waals surface area contributed by atoms with E-state index in [-0.39, 0.29) is 30.6 Å². The van der Waals surface area contributed by atoms with Crippen molar-refractivity contribution in [3.8, 4) is 5.69 Å². The second-order valence-electron chi connectivity index (χ2n) is 11.1. The lowest BCUT2D eigenvalue weighted by atomic mass is 9.81. The number of carbonyl (C=O) groups excluding carboxylic acids is 4. The number of nitrogens with zero attached hydrogens (tertiary/aromatic N) is 3. The minimum absolute atomic E-state index is 0.00717. The van der Waals surface area contributed by atoms with E-state index in [2.05, 4.69) is 27.0 Å². The molecule has 0 saturated heterocycles. The molecule has 3 aromatic carbocycles. The number of hydrogen-bond donors (Lipinski definition) is 2. The molecule has 0 fully saturated rings. The number of anilines is 1. The molecule has 2 N–H and O–H groups in total. The number of esters is 1. The van der Waals surface area contributed by atoms with Crippen LogP contribution in [0.2, 0.25) is 0 Å².